The molecule has 104 valence electrons. The predicted molar refractivity (Wildman–Crippen MR) is 84.3 cm³/mol. The van der Waals surface area contributed by atoms with Crippen molar-refractivity contribution in [3.63, 3.8) is 0 Å². The maximum atomic E-state index is 9.45. The van der Waals surface area contributed by atoms with Crippen LogP contribution in [0.1, 0.15) is 17.0 Å². The smallest absolute Gasteiger partial charge is 0.205 e. The number of hydrogen-bond acceptors (Lipinski definition) is 4. The zero-order valence-corrected chi connectivity index (χ0v) is 12.6. The quantitative estimate of drug-likeness (QED) is 0.776. The summed E-state index contributed by atoms with van der Waals surface area (Å²) in [4.78, 5) is 0. The topological polar surface area (TPSA) is 82.9 Å². The maximum absolute atomic E-state index is 9.45. The molecule has 0 bridgehead atoms. The van der Waals surface area contributed by atoms with Crippen LogP contribution in [0.25, 0.3) is 0 Å². The molecule has 2 aromatic rings. The number of nitrogens with one attached hydrogen (secondary N) is 1. The van der Waals surface area contributed by atoms with Gasteiger partial charge in [0.25, 0.3) is 0 Å². The van der Waals surface area contributed by atoms with E-state index in [1.54, 1.807) is 12.1 Å². The Morgan fingerprint density at radius 2 is 1.95 bits per heavy atom. The Morgan fingerprint density at radius 1 is 1.19 bits per heavy atom. The van der Waals surface area contributed by atoms with Gasteiger partial charge in [-0.1, -0.05) is 40.2 Å². The average molecular weight is 342 g/mol. The summed E-state index contributed by atoms with van der Waals surface area (Å²) >= 11 is 3.53. The van der Waals surface area contributed by atoms with Crippen molar-refractivity contribution in [2.75, 3.05) is 5.73 Å². The van der Waals surface area contributed by atoms with Gasteiger partial charge in [-0.3, -0.25) is 5.41 Å². The zero-order valence-electron chi connectivity index (χ0n) is 11.0. The summed E-state index contributed by atoms with van der Waals surface area (Å²) in [5.41, 5.74) is 8.19. The van der Waals surface area contributed by atoms with E-state index >= 15 is 0 Å². The number of ether oxygens (including phenoxy) is 1. The van der Waals surface area contributed by atoms with Crippen molar-refractivity contribution >= 4 is 27.5 Å². The molecule has 0 saturated heterocycles. The molecule has 1 aliphatic rings. The van der Waals surface area contributed by atoms with Crippen molar-refractivity contribution < 1.29 is 4.74 Å². The van der Waals surface area contributed by atoms with Gasteiger partial charge in [0.2, 0.25) is 5.90 Å². The second-order valence-electron chi connectivity index (χ2n) is 4.87. The van der Waals surface area contributed by atoms with Crippen molar-refractivity contribution in [2.24, 2.45) is 5.92 Å². The lowest BCUT2D eigenvalue weighted by Crippen LogP contribution is -2.31. The number of nitrogens with zero attached hydrogens (tertiary/aromatic N) is 1. The lowest BCUT2D eigenvalue weighted by atomic mass is 9.79. The Kier molecular flexibility index (Phi) is 3.40. The fraction of sp³-hybridized carbons (Fsp3) is 0.125. The van der Waals surface area contributed by atoms with Gasteiger partial charge in [-0.25, -0.2) is 0 Å². The Bertz CT molecular complexity index is 766. The maximum Gasteiger partial charge on any atom is 0.205 e. The van der Waals surface area contributed by atoms with Crippen LogP contribution in [0, 0.1) is 22.7 Å². The number of anilines is 1. The first-order chi connectivity index (χ1) is 10.1. The van der Waals surface area contributed by atoms with Gasteiger partial charge in [0, 0.05) is 27.7 Å². The minimum absolute atomic E-state index is 0.0450. The molecule has 4 nitrogen and oxygen atoms in total. The predicted octanol–water partition coefficient (Wildman–Crippen LogP) is 3.67. The molecule has 1 heterocycles. The summed E-state index contributed by atoms with van der Waals surface area (Å²) in [6.45, 7) is 0. The molecule has 0 saturated carbocycles. The fourth-order valence-electron chi connectivity index (χ4n) is 2.62. The van der Waals surface area contributed by atoms with E-state index in [-0.39, 0.29) is 11.8 Å². The third-order valence-electron chi connectivity index (χ3n) is 3.59. The molecule has 3 N–H and O–H groups in total. The Hall–Kier alpha value is -2.32. The highest BCUT2D eigenvalue weighted by atomic mass is 79.9. The van der Waals surface area contributed by atoms with Gasteiger partial charge in [0.1, 0.15) is 11.7 Å². The number of halogens is 1. The summed E-state index contributed by atoms with van der Waals surface area (Å²) in [5, 5.41) is 17.4. The Labute approximate surface area is 130 Å². The van der Waals surface area contributed by atoms with E-state index in [0.717, 1.165) is 15.6 Å². The van der Waals surface area contributed by atoms with Crippen LogP contribution in [0.15, 0.2) is 46.9 Å². The molecule has 0 aromatic heterocycles. The van der Waals surface area contributed by atoms with Gasteiger partial charge in [0.15, 0.2) is 0 Å². The van der Waals surface area contributed by atoms with Crippen LogP contribution in [-0.4, -0.2) is 5.90 Å². The molecule has 2 aromatic carbocycles. The third kappa shape index (κ3) is 2.28. The van der Waals surface area contributed by atoms with Gasteiger partial charge in [-0.05, 0) is 17.7 Å². The van der Waals surface area contributed by atoms with E-state index in [1.807, 2.05) is 30.3 Å². The molecule has 0 aliphatic carbocycles. The van der Waals surface area contributed by atoms with Crippen LogP contribution in [-0.2, 0) is 0 Å². The molecule has 3 rings (SSSR count). The second kappa shape index (κ2) is 5.23. The number of nitrogen functional groups attached to an aromatic ring is 1. The zero-order chi connectivity index (χ0) is 15.0. The number of nitrogens with two attached hydrogens (primary N) is 1. The summed E-state index contributed by atoms with van der Waals surface area (Å²) < 4.78 is 6.38. The van der Waals surface area contributed by atoms with E-state index in [9.17, 15) is 5.26 Å². The molecule has 0 amide bonds. The summed E-state index contributed by atoms with van der Waals surface area (Å²) in [7, 11) is 0. The first-order valence-corrected chi connectivity index (χ1v) is 7.21. The Balaban J connectivity index is 2.23. The number of fused-ring (bicyclic) bond motifs is 1. The largest absolute Gasteiger partial charge is 0.442 e. The highest BCUT2D eigenvalue weighted by molar-refractivity contribution is 9.10. The number of nitriles is 1. The summed E-state index contributed by atoms with van der Waals surface area (Å²) in [6.07, 6.45) is 0. The van der Waals surface area contributed by atoms with E-state index < -0.39 is 5.92 Å². The van der Waals surface area contributed by atoms with Gasteiger partial charge in [-0.2, -0.15) is 5.26 Å². The minimum Gasteiger partial charge on any atom is -0.442 e. The highest BCUT2D eigenvalue weighted by Gasteiger charge is 2.37. The van der Waals surface area contributed by atoms with Crippen LogP contribution < -0.4 is 10.5 Å². The molecular formula is C16H12BrN3O. The van der Waals surface area contributed by atoms with Crippen molar-refractivity contribution in [3.8, 4) is 11.8 Å². The Morgan fingerprint density at radius 3 is 2.67 bits per heavy atom. The van der Waals surface area contributed by atoms with Crippen LogP contribution in [0.5, 0.6) is 5.75 Å². The van der Waals surface area contributed by atoms with Crippen molar-refractivity contribution in [1.29, 1.82) is 10.7 Å². The second-order valence-corrected chi connectivity index (χ2v) is 5.72. The van der Waals surface area contributed by atoms with Crippen LogP contribution in [0.3, 0.4) is 0 Å². The molecule has 1 aliphatic heterocycles. The molecule has 5 heteroatoms. The fourth-order valence-corrected chi connectivity index (χ4v) is 3.15. The lowest BCUT2D eigenvalue weighted by Gasteiger charge is -2.31. The lowest BCUT2D eigenvalue weighted by molar-refractivity contribution is 0.450. The molecular weight excluding hydrogens is 330 g/mol. The summed E-state index contributed by atoms with van der Waals surface area (Å²) in [5.74, 6) is -0.397. The molecule has 2 unspecified atom stereocenters. The molecule has 0 radical (unpaired) electrons. The van der Waals surface area contributed by atoms with E-state index in [1.165, 1.54) is 0 Å². The van der Waals surface area contributed by atoms with Crippen molar-refractivity contribution in [3.05, 3.63) is 58.1 Å². The molecule has 21 heavy (non-hydrogen) atoms. The normalized spacial score (nSPS) is 20.3. The van der Waals surface area contributed by atoms with Crippen LogP contribution >= 0.6 is 15.9 Å². The SMILES string of the molecule is N#CC1C(=N)Oc2cc(N)ccc2C1c1ccccc1Br. The van der Waals surface area contributed by atoms with Crippen LogP contribution in [0.4, 0.5) is 5.69 Å². The highest BCUT2D eigenvalue weighted by Crippen LogP contribution is 2.44. The first-order valence-electron chi connectivity index (χ1n) is 6.41. The van der Waals surface area contributed by atoms with Gasteiger partial charge in [0.05, 0.1) is 6.07 Å². The minimum atomic E-state index is -0.653. The van der Waals surface area contributed by atoms with Gasteiger partial charge >= 0.3 is 0 Å². The van der Waals surface area contributed by atoms with Gasteiger partial charge in [-0.15, -0.1) is 0 Å². The number of hydrogen-bond donors (Lipinski definition) is 2. The molecule has 0 spiro atoms. The average Bonchev–Trinajstić information content (AvgIpc) is 2.46. The molecule has 0 fully saturated rings. The first kappa shape index (κ1) is 13.7. The molecule has 2 atom stereocenters. The summed E-state index contributed by atoms with van der Waals surface area (Å²) in [6, 6.07) is 15.3. The standard InChI is InChI=1S/C16H12BrN3O/c17-13-4-2-1-3-10(13)15-11-6-5-9(19)7-14(11)21-16(20)12(15)8-18/h1-7,12,15,20H,19H2. The van der Waals surface area contributed by atoms with Crippen molar-refractivity contribution in [1.82, 2.24) is 0 Å². The third-order valence-corrected chi connectivity index (χ3v) is 4.31. The van der Waals surface area contributed by atoms with Crippen molar-refractivity contribution in [2.45, 2.75) is 5.92 Å². The number of rotatable bonds is 1. The number of benzene rings is 2. The van der Waals surface area contributed by atoms with E-state index in [4.69, 9.17) is 15.9 Å². The van der Waals surface area contributed by atoms with E-state index in [2.05, 4.69) is 22.0 Å². The monoisotopic (exact) mass is 341 g/mol. The van der Waals surface area contributed by atoms with E-state index in [0.29, 0.717) is 11.4 Å². The van der Waals surface area contributed by atoms with Crippen LogP contribution in [0.2, 0.25) is 0 Å². The van der Waals surface area contributed by atoms with Gasteiger partial charge < -0.3 is 10.5 Å².